The van der Waals surface area contributed by atoms with Gasteiger partial charge in [-0.3, -0.25) is 9.59 Å². The van der Waals surface area contributed by atoms with Gasteiger partial charge in [-0.2, -0.15) is 0 Å². The van der Waals surface area contributed by atoms with Crippen LogP contribution in [0.4, 0.5) is 0 Å². The maximum atomic E-state index is 11.9. The van der Waals surface area contributed by atoms with E-state index in [9.17, 15) is 9.59 Å². The summed E-state index contributed by atoms with van der Waals surface area (Å²) in [6, 6.07) is 0.608. The molecular weight excluding hydrogens is 230 g/mol. The summed E-state index contributed by atoms with van der Waals surface area (Å²) in [5, 5.41) is 6.16. The van der Waals surface area contributed by atoms with Crippen molar-refractivity contribution in [1.82, 2.24) is 15.5 Å². The van der Waals surface area contributed by atoms with Crippen LogP contribution in [0.5, 0.6) is 0 Å². The summed E-state index contributed by atoms with van der Waals surface area (Å²) in [4.78, 5) is 24.7. The van der Waals surface area contributed by atoms with Gasteiger partial charge in [0.25, 0.3) is 0 Å². The number of likely N-dealkylation sites (tertiary alicyclic amines) is 1. The van der Waals surface area contributed by atoms with E-state index in [0.29, 0.717) is 19.0 Å². The normalized spacial score (nSPS) is 19.3. The van der Waals surface area contributed by atoms with Crippen molar-refractivity contribution in [3.05, 3.63) is 0 Å². The Labute approximate surface area is 109 Å². The van der Waals surface area contributed by atoms with Gasteiger partial charge < -0.3 is 15.5 Å². The van der Waals surface area contributed by atoms with Gasteiger partial charge in [0.15, 0.2) is 0 Å². The summed E-state index contributed by atoms with van der Waals surface area (Å²) in [5.74, 6) is 0.184. The predicted octanol–water partition coefficient (Wildman–Crippen LogP) is 0.502. The van der Waals surface area contributed by atoms with Crippen LogP contribution >= 0.6 is 0 Å². The first kappa shape index (κ1) is 15.0. The predicted molar refractivity (Wildman–Crippen MR) is 71.2 cm³/mol. The molecule has 5 nitrogen and oxygen atoms in total. The van der Waals surface area contributed by atoms with Gasteiger partial charge in [0.05, 0.1) is 0 Å². The molecule has 0 aromatic heterocycles. The lowest BCUT2D eigenvalue weighted by molar-refractivity contribution is -0.130. The van der Waals surface area contributed by atoms with Crippen LogP contribution in [-0.2, 0) is 9.59 Å². The second-order valence-corrected chi connectivity index (χ2v) is 5.24. The van der Waals surface area contributed by atoms with Gasteiger partial charge in [0.2, 0.25) is 11.8 Å². The van der Waals surface area contributed by atoms with Crippen LogP contribution in [0.1, 0.15) is 40.0 Å². The summed E-state index contributed by atoms with van der Waals surface area (Å²) in [7, 11) is 0. The Morgan fingerprint density at radius 1 is 1.39 bits per heavy atom. The number of amides is 2. The number of nitrogens with zero attached hydrogens (tertiary/aromatic N) is 1. The van der Waals surface area contributed by atoms with Crippen molar-refractivity contribution in [2.75, 3.05) is 19.6 Å². The van der Waals surface area contributed by atoms with E-state index in [-0.39, 0.29) is 17.9 Å². The fraction of sp³-hybridized carbons (Fsp3) is 0.846. The Hall–Kier alpha value is -1.10. The highest BCUT2D eigenvalue weighted by molar-refractivity contribution is 5.77. The molecule has 0 aromatic rings. The molecule has 1 unspecified atom stereocenters. The van der Waals surface area contributed by atoms with E-state index in [4.69, 9.17) is 0 Å². The molecule has 1 saturated heterocycles. The molecule has 0 saturated carbocycles. The summed E-state index contributed by atoms with van der Waals surface area (Å²) >= 11 is 0. The zero-order valence-electron chi connectivity index (χ0n) is 11.7. The molecule has 1 fully saturated rings. The average Bonchev–Trinajstić information content (AvgIpc) is 2.71. The third-order valence-electron chi connectivity index (χ3n) is 3.07. The number of carbonyl (C=O) groups is 2. The van der Waals surface area contributed by atoms with E-state index in [2.05, 4.69) is 24.5 Å². The zero-order chi connectivity index (χ0) is 13.5. The zero-order valence-corrected chi connectivity index (χ0v) is 11.7. The molecule has 18 heavy (non-hydrogen) atoms. The summed E-state index contributed by atoms with van der Waals surface area (Å²) in [5.41, 5.74) is 0. The van der Waals surface area contributed by atoms with Crippen LogP contribution in [-0.4, -0.2) is 48.4 Å². The monoisotopic (exact) mass is 255 g/mol. The highest BCUT2D eigenvalue weighted by Crippen LogP contribution is 2.11. The molecular formula is C13H25N3O2. The Morgan fingerprint density at radius 2 is 2.11 bits per heavy atom. The van der Waals surface area contributed by atoms with E-state index in [0.717, 1.165) is 25.9 Å². The lowest BCUT2D eigenvalue weighted by Crippen LogP contribution is -2.37. The minimum absolute atomic E-state index is 0.0181. The van der Waals surface area contributed by atoms with Crippen LogP contribution in [0.15, 0.2) is 0 Å². The first-order valence-electron chi connectivity index (χ1n) is 6.77. The van der Waals surface area contributed by atoms with Crippen LogP contribution in [0.2, 0.25) is 0 Å². The summed E-state index contributed by atoms with van der Waals surface area (Å²) < 4.78 is 0. The Bertz CT molecular complexity index is 292. The second kappa shape index (κ2) is 7.36. The first-order valence-corrected chi connectivity index (χ1v) is 6.77. The SMILES string of the molecule is CC(=O)NC1CCN(C(=O)CCCNC(C)C)C1. The first-order chi connectivity index (χ1) is 8.49. The molecule has 0 aliphatic carbocycles. The standard InChI is InChI=1S/C13H25N3O2/c1-10(2)14-7-4-5-13(18)16-8-6-12(9-16)15-11(3)17/h10,12,14H,4-9H2,1-3H3,(H,15,17). The number of hydrogen-bond acceptors (Lipinski definition) is 3. The van der Waals surface area contributed by atoms with Crippen molar-refractivity contribution < 1.29 is 9.59 Å². The van der Waals surface area contributed by atoms with Crippen molar-refractivity contribution in [2.45, 2.75) is 52.1 Å². The van der Waals surface area contributed by atoms with E-state index in [1.807, 2.05) is 4.90 Å². The lowest BCUT2D eigenvalue weighted by Gasteiger charge is -2.17. The summed E-state index contributed by atoms with van der Waals surface area (Å²) in [6.07, 6.45) is 2.33. The van der Waals surface area contributed by atoms with Gasteiger partial charge in [-0.15, -0.1) is 0 Å². The molecule has 1 atom stereocenters. The molecule has 0 bridgehead atoms. The highest BCUT2D eigenvalue weighted by Gasteiger charge is 2.25. The maximum absolute atomic E-state index is 11.9. The van der Waals surface area contributed by atoms with Gasteiger partial charge >= 0.3 is 0 Å². The van der Waals surface area contributed by atoms with E-state index in [1.54, 1.807) is 0 Å². The van der Waals surface area contributed by atoms with Crippen molar-refractivity contribution in [2.24, 2.45) is 0 Å². The fourth-order valence-electron chi connectivity index (χ4n) is 2.18. The number of hydrogen-bond donors (Lipinski definition) is 2. The van der Waals surface area contributed by atoms with Crippen LogP contribution < -0.4 is 10.6 Å². The molecule has 2 amide bonds. The maximum Gasteiger partial charge on any atom is 0.222 e. The topological polar surface area (TPSA) is 61.4 Å². The molecule has 0 radical (unpaired) electrons. The Morgan fingerprint density at radius 3 is 2.72 bits per heavy atom. The number of nitrogens with one attached hydrogen (secondary N) is 2. The van der Waals surface area contributed by atoms with Crippen LogP contribution in [0.25, 0.3) is 0 Å². The van der Waals surface area contributed by atoms with E-state index >= 15 is 0 Å². The Kier molecular flexibility index (Phi) is 6.12. The highest BCUT2D eigenvalue weighted by atomic mass is 16.2. The second-order valence-electron chi connectivity index (χ2n) is 5.24. The van der Waals surface area contributed by atoms with Gasteiger partial charge in [-0.05, 0) is 19.4 Å². The van der Waals surface area contributed by atoms with Gasteiger partial charge in [-0.25, -0.2) is 0 Å². The number of rotatable bonds is 6. The van der Waals surface area contributed by atoms with Crippen LogP contribution in [0, 0.1) is 0 Å². The van der Waals surface area contributed by atoms with Crippen molar-refractivity contribution in [3.63, 3.8) is 0 Å². The Balaban J connectivity index is 2.17. The summed E-state index contributed by atoms with van der Waals surface area (Å²) in [6.45, 7) is 8.02. The minimum Gasteiger partial charge on any atom is -0.352 e. The van der Waals surface area contributed by atoms with Crippen molar-refractivity contribution in [3.8, 4) is 0 Å². The fourth-order valence-corrected chi connectivity index (χ4v) is 2.18. The van der Waals surface area contributed by atoms with Crippen molar-refractivity contribution in [1.29, 1.82) is 0 Å². The molecule has 2 N–H and O–H groups in total. The quantitative estimate of drug-likeness (QED) is 0.680. The molecule has 0 aromatic carbocycles. The smallest absolute Gasteiger partial charge is 0.222 e. The van der Waals surface area contributed by atoms with Gasteiger partial charge in [0, 0.05) is 38.5 Å². The lowest BCUT2D eigenvalue weighted by atomic mass is 10.2. The van der Waals surface area contributed by atoms with Gasteiger partial charge in [-0.1, -0.05) is 13.8 Å². The molecule has 1 heterocycles. The van der Waals surface area contributed by atoms with Crippen LogP contribution in [0.3, 0.4) is 0 Å². The van der Waals surface area contributed by atoms with Gasteiger partial charge in [0.1, 0.15) is 0 Å². The van der Waals surface area contributed by atoms with E-state index in [1.165, 1.54) is 6.92 Å². The molecule has 104 valence electrons. The molecule has 5 heteroatoms. The largest absolute Gasteiger partial charge is 0.352 e. The molecule has 0 spiro atoms. The average molecular weight is 255 g/mol. The molecule has 1 aliphatic rings. The molecule has 1 rings (SSSR count). The number of carbonyl (C=O) groups excluding carboxylic acids is 2. The third-order valence-corrected chi connectivity index (χ3v) is 3.07. The third kappa shape index (κ3) is 5.49. The molecule has 1 aliphatic heterocycles. The van der Waals surface area contributed by atoms with E-state index < -0.39 is 0 Å². The minimum atomic E-state index is -0.0181. The van der Waals surface area contributed by atoms with Crippen molar-refractivity contribution >= 4 is 11.8 Å².